The van der Waals surface area contributed by atoms with Crippen LogP contribution in [-0.2, 0) is 0 Å². The van der Waals surface area contributed by atoms with E-state index in [0.717, 1.165) is 0 Å². The molecule has 0 spiro atoms. The van der Waals surface area contributed by atoms with E-state index in [0.29, 0.717) is 10.7 Å². The number of nitrogens with two attached hydrogens (primary N) is 1. The number of benzene rings is 1. The zero-order valence-corrected chi connectivity index (χ0v) is 5.98. The van der Waals surface area contributed by atoms with Crippen molar-refractivity contribution in [3.63, 3.8) is 0 Å². The first kappa shape index (κ1) is 6.78. The molecule has 5 nitrogen and oxygen atoms in total. The quantitative estimate of drug-likeness (QED) is 0.393. The standard InChI is InChI=1S/C7H5N3O2/c8-3-1-4-5(2-6(3)11)10-7(12)9-4/h1-2,11H,8H2. The topological polar surface area (TPSA) is 88.0 Å². The van der Waals surface area contributed by atoms with E-state index in [1.165, 1.54) is 12.1 Å². The van der Waals surface area contributed by atoms with E-state index in [1.54, 1.807) is 0 Å². The molecule has 1 aromatic carbocycles. The second-order valence-corrected chi connectivity index (χ2v) is 2.41. The van der Waals surface area contributed by atoms with Gasteiger partial charge in [0.2, 0.25) is 0 Å². The summed E-state index contributed by atoms with van der Waals surface area (Å²) in [7, 11) is 0. The molecule has 0 saturated carbocycles. The van der Waals surface area contributed by atoms with E-state index in [9.17, 15) is 4.79 Å². The van der Waals surface area contributed by atoms with Gasteiger partial charge in [-0.05, 0) is 6.07 Å². The van der Waals surface area contributed by atoms with Gasteiger partial charge in [-0.1, -0.05) is 0 Å². The van der Waals surface area contributed by atoms with Crippen LogP contribution in [0.3, 0.4) is 0 Å². The number of hydrogen-bond acceptors (Lipinski definition) is 3. The molecule has 5 heteroatoms. The monoisotopic (exact) mass is 163 g/mol. The van der Waals surface area contributed by atoms with Gasteiger partial charge < -0.3 is 10.8 Å². The fourth-order valence-corrected chi connectivity index (χ4v) is 0.992. The lowest BCUT2D eigenvalue weighted by atomic mass is 10.3. The van der Waals surface area contributed by atoms with Gasteiger partial charge in [-0.2, -0.15) is 9.98 Å². The van der Waals surface area contributed by atoms with Crippen LogP contribution in [0.2, 0.25) is 0 Å². The molecule has 1 aliphatic heterocycles. The average Bonchev–Trinajstić information content (AvgIpc) is 2.30. The van der Waals surface area contributed by atoms with Gasteiger partial charge in [-0.15, -0.1) is 0 Å². The van der Waals surface area contributed by atoms with Crippen LogP contribution >= 0.6 is 0 Å². The van der Waals surface area contributed by atoms with Gasteiger partial charge >= 0.3 is 6.03 Å². The largest absolute Gasteiger partial charge is 0.506 e. The summed E-state index contributed by atoms with van der Waals surface area (Å²) in [6.07, 6.45) is 0. The highest BCUT2D eigenvalue weighted by Gasteiger charge is 2.06. The number of anilines is 1. The smallest absolute Gasteiger partial charge is 0.368 e. The van der Waals surface area contributed by atoms with Gasteiger partial charge in [-0.25, -0.2) is 4.79 Å². The summed E-state index contributed by atoms with van der Waals surface area (Å²) >= 11 is 0. The molecule has 0 aromatic heterocycles. The number of hydrogen-bond donors (Lipinski definition) is 2. The summed E-state index contributed by atoms with van der Waals surface area (Å²) in [5, 5.41) is 9.91. The number of phenolic OH excluding ortho intramolecular Hbond substituents is 1. The Labute approximate surface area is 66.9 Å². The lowest BCUT2D eigenvalue weighted by molar-refractivity contribution is 0.256. The van der Waals surface area contributed by atoms with Crippen molar-refractivity contribution in [1.82, 2.24) is 0 Å². The first-order chi connectivity index (χ1) is 5.66. The van der Waals surface area contributed by atoms with Crippen molar-refractivity contribution in [3.8, 4) is 5.75 Å². The maximum absolute atomic E-state index is 10.7. The Morgan fingerprint density at radius 2 is 1.83 bits per heavy atom. The van der Waals surface area contributed by atoms with E-state index < -0.39 is 6.03 Å². The molecule has 2 amide bonds. The highest BCUT2D eigenvalue weighted by atomic mass is 16.3. The van der Waals surface area contributed by atoms with Gasteiger partial charge in [0.05, 0.1) is 16.4 Å². The van der Waals surface area contributed by atoms with Gasteiger partial charge in [-0.3, -0.25) is 0 Å². The third-order valence-corrected chi connectivity index (χ3v) is 1.56. The SMILES string of the molecule is Nc1cc2c(cc1O)=NC(=O)N=2. The summed E-state index contributed by atoms with van der Waals surface area (Å²) in [5.41, 5.74) is 5.57. The molecule has 1 aliphatic rings. The molecule has 0 radical (unpaired) electrons. The molecular weight excluding hydrogens is 158 g/mol. The van der Waals surface area contributed by atoms with Crippen LogP contribution in [0.4, 0.5) is 10.5 Å². The van der Waals surface area contributed by atoms with Crippen LogP contribution in [0, 0.1) is 0 Å². The highest BCUT2D eigenvalue weighted by molar-refractivity contribution is 5.77. The Morgan fingerprint density at radius 3 is 2.50 bits per heavy atom. The molecule has 0 bridgehead atoms. The highest BCUT2D eigenvalue weighted by Crippen LogP contribution is 2.13. The Morgan fingerprint density at radius 1 is 1.25 bits per heavy atom. The Kier molecular flexibility index (Phi) is 1.15. The van der Waals surface area contributed by atoms with Gasteiger partial charge in [0.25, 0.3) is 0 Å². The van der Waals surface area contributed by atoms with Gasteiger partial charge in [0.1, 0.15) is 5.75 Å². The van der Waals surface area contributed by atoms with Crippen molar-refractivity contribution < 1.29 is 9.90 Å². The Hall–Kier alpha value is -1.91. The van der Waals surface area contributed by atoms with Crippen molar-refractivity contribution in [2.24, 2.45) is 9.98 Å². The van der Waals surface area contributed by atoms with Crippen LogP contribution in [0.25, 0.3) is 0 Å². The number of urea groups is 1. The third-order valence-electron chi connectivity index (χ3n) is 1.56. The zero-order chi connectivity index (χ0) is 8.72. The van der Waals surface area contributed by atoms with Crippen molar-refractivity contribution in [2.45, 2.75) is 0 Å². The van der Waals surface area contributed by atoms with E-state index in [2.05, 4.69) is 9.98 Å². The van der Waals surface area contributed by atoms with Crippen LogP contribution in [0.15, 0.2) is 22.1 Å². The molecule has 0 aliphatic carbocycles. The van der Waals surface area contributed by atoms with Gasteiger partial charge in [0.15, 0.2) is 0 Å². The maximum Gasteiger partial charge on any atom is 0.368 e. The minimum Gasteiger partial charge on any atom is -0.506 e. The molecule has 1 aromatic rings. The summed E-state index contributed by atoms with van der Waals surface area (Å²) < 4.78 is 0. The predicted octanol–water partition coefficient (Wildman–Crippen LogP) is -0.653. The van der Waals surface area contributed by atoms with Crippen molar-refractivity contribution in [2.75, 3.05) is 5.73 Å². The van der Waals surface area contributed by atoms with E-state index in [-0.39, 0.29) is 11.4 Å². The molecule has 2 rings (SSSR count). The molecule has 0 fully saturated rings. The first-order valence-electron chi connectivity index (χ1n) is 3.27. The second-order valence-electron chi connectivity index (χ2n) is 2.41. The number of nitrogens with zero attached hydrogens (tertiary/aromatic N) is 2. The lowest BCUT2D eigenvalue weighted by Gasteiger charge is -1.93. The van der Waals surface area contributed by atoms with Crippen molar-refractivity contribution in [1.29, 1.82) is 0 Å². The second kappa shape index (κ2) is 2.04. The Bertz CT molecular complexity index is 435. The Balaban J connectivity index is 2.89. The fraction of sp³-hybridized carbons (Fsp3) is 0. The van der Waals surface area contributed by atoms with E-state index in [4.69, 9.17) is 10.8 Å². The van der Waals surface area contributed by atoms with Crippen molar-refractivity contribution in [3.05, 3.63) is 22.8 Å². The number of rotatable bonds is 0. The number of amides is 2. The molecule has 0 atom stereocenters. The van der Waals surface area contributed by atoms with E-state index in [1.807, 2.05) is 0 Å². The molecule has 0 saturated heterocycles. The number of carbonyl (C=O) groups excluding carboxylic acids is 1. The number of phenols is 1. The average molecular weight is 163 g/mol. The van der Waals surface area contributed by atoms with Crippen LogP contribution in [0.1, 0.15) is 0 Å². The van der Waals surface area contributed by atoms with Gasteiger partial charge in [0, 0.05) is 6.07 Å². The minimum atomic E-state index is -0.560. The minimum absolute atomic E-state index is 0.0811. The number of fused-ring (bicyclic) bond motifs is 1. The van der Waals surface area contributed by atoms with Crippen LogP contribution in [0.5, 0.6) is 5.75 Å². The third kappa shape index (κ3) is 0.833. The first-order valence-corrected chi connectivity index (χ1v) is 3.27. The van der Waals surface area contributed by atoms with Crippen LogP contribution < -0.4 is 16.4 Å². The number of aromatic hydroxyl groups is 1. The molecular formula is C7H5N3O2. The predicted molar refractivity (Wildman–Crippen MR) is 40.2 cm³/mol. The van der Waals surface area contributed by atoms with E-state index >= 15 is 0 Å². The van der Waals surface area contributed by atoms with Crippen molar-refractivity contribution >= 4 is 11.7 Å². The molecule has 60 valence electrons. The summed E-state index contributed by atoms with van der Waals surface area (Å²) in [6.45, 7) is 0. The summed E-state index contributed by atoms with van der Waals surface area (Å²) in [5.74, 6) is -0.0811. The molecule has 12 heavy (non-hydrogen) atoms. The fourth-order valence-electron chi connectivity index (χ4n) is 0.992. The number of nitrogen functional groups attached to an aromatic ring is 1. The normalized spacial score (nSPS) is 13.5. The molecule has 1 heterocycles. The molecule has 3 N–H and O–H groups in total. The lowest BCUT2D eigenvalue weighted by Crippen LogP contribution is -2.21. The van der Waals surface area contributed by atoms with Crippen LogP contribution in [-0.4, -0.2) is 11.1 Å². The number of carbonyl (C=O) groups is 1. The molecule has 0 unspecified atom stereocenters. The zero-order valence-electron chi connectivity index (χ0n) is 5.98. The summed E-state index contributed by atoms with van der Waals surface area (Å²) in [6, 6.07) is 2.17. The summed E-state index contributed by atoms with van der Waals surface area (Å²) in [4.78, 5) is 17.8. The maximum atomic E-state index is 10.7.